The fourth-order valence-electron chi connectivity index (χ4n) is 6.20. The minimum atomic E-state index is -1.90. The van der Waals surface area contributed by atoms with Gasteiger partial charge in [-0.2, -0.15) is 0 Å². The normalized spacial score (nSPS) is 20.8. The highest BCUT2D eigenvalue weighted by molar-refractivity contribution is 7.99. The van der Waals surface area contributed by atoms with Gasteiger partial charge in [0.15, 0.2) is 12.2 Å². The molecule has 3 aromatic carbocycles. The van der Waals surface area contributed by atoms with Crippen molar-refractivity contribution in [3.8, 4) is 11.1 Å². The van der Waals surface area contributed by atoms with E-state index < -0.39 is 58.4 Å². The molecule has 1 fully saturated rings. The van der Waals surface area contributed by atoms with E-state index in [0.717, 1.165) is 27.8 Å². The zero-order chi connectivity index (χ0) is 38.0. The number of rotatable bonds is 15. The highest BCUT2D eigenvalue weighted by Gasteiger charge is 2.52. The molecule has 1 saturated heterocycles. The lowest BCUT2D eigenvalue weighted by atomic mass is 9.97. The van der Waals surface area contributed by atoms with Crippen molar-refractivity contribution in [2.24, 2.45) is 0 Å². The second kappa shape index (κ2) is 19.2. The molecule has 2 aliphatic rings. The van der Waals surface area contributed by atoms with Crippen molar-refractivity contribution in [2.75, 3.05) is 25.6 Å². The van der Waals surface area contributed by atoms with Gasteiger partial charge in [-0.1, -0.05) is 121 Å². The Labute approximate surface area is 327 Å². The molecule has 0 spiro atoms. The van der Waals surface area contributed by atoms with Gasteiger partial charge in [0.1, 0.15) is 36.6 Å². The second-order valence-electron chi connectivity index (χ2n) is 12.4. The Bertz CT molecular complexity index is 1680. The largest absolute Gasteiger partial charge is 0.508 e. The minimum absolute atomic E-state index is 0.0563. The predicted octanol–water partition coefficient (Wildman–Crippen LogP) is 7.76. The molecule has 1 N–H and O–H groups in total. The minimum Gasteiger partial charge on any atom is -0.455 e. The Morgan fingerprint density at radius 2 is 1.45 bits per heavy atom. The van der Waals surface area contributed by atoms with Gasteiger partial charge in [-0.05, 0) is 40.5 Å². The molecular weight excluding hydrogens is 769 g/mol. The summed E-state index contributed by atoms with van der Waals surface area (Å²) in [7, 11) is 0. The molecule has 11 nitrogen and oxygen atoms in total. The maximum atomic E-state index is 13.7. The third-order valence-corrected chi connectivity index (χ3v) is 9.93. The van der Waals surface area contributed by atoms with Crippen LogP contribution in [0.2, 0.25) is 0 Å². The Kier molecular flexibility index (Phi) is 14.7. The highest BCUT2D eigenvalue weighted by atomic mass is 35.6. The number of alkyl halides is 3. The number of Topliss-reactive ketones (excluding diaryl/α,β-unsaturated/α-hetero) is 1. The number of carbonyl (C=O) groups excluding carboxylic acids is 4. The van der Waals surface area contributed by atoms with Crippen LogP contribution in [0.25, 0.3) is 11.1 Å². The van der Waals surface area contributed by atoms with Gasteiger partial charge in [-0.15, -0.1) is 11.8 Å². The van der Waals surface area contributed by atoms with Crippen molar-refractivity contribution >= 4 is 70.6 Å². The standard InChI is InChI=1S/C38H40Cl3NO10S/c1-3-53-35-32(42-36(45)49-22-38(39,40)41)34(52-37(46)48-20-29-27-15-9-7-13-25(27)26-14-8-10-16-28(26)29)33(51-31(44)18-17-23(2)43)30(50-35)21-47-19-24-11-5-4-6-12-24/h4-16,29-30,32-35H,3,17-22H2,1-2H3,(H,42,45)/t30-,32-,33-,34-,35-/m1/s1. The highest BCUT2D eigenvalue weighted by Crippen LogP contribution is 2.44. The molecule has 1 heterocycles. The number of hydrogen-bond donors (Lipinski definition) is 1. The molecule has 0 radical (unpaired) electrons. The van der Waals surface area contributed by atoms with Crippen molar-refractivity contribution < 1.29 is 47.6 Å². The summed E-state index contributed by atoms with van der Waals surface area (Å²) in [6.07, 6.45) is -6.07. The van der Waals surface area contributed by atoms with Gasteiger partial charge in [-0.25, -0.2) is 9.59 Å². The first-order valence-electron chi connectivity index (χ1n) is 17.0. The SMILES string of the molecule is CCS[C@H]1O[C@H](COCc2ccccc2)[C@@H](OC(=O)CCC(C)=O)[C@H](OC(=O)OCC2c3ccccc3-c3ccccc32)[C@H]1NC(=O)OCC(Cl)(Cl)Cl. The number of amides is 1. The zero-order valence-electron chi connectivity index (χ0n) is 29.0. The van der Waals surface area contributed by atoms with E-state index in [1.165, 1.54) is 18.7 Å². The molecule has 1 aliphatic carbocycles. The van der Waals surface area contributed by atoms with E-state index in [0.29, 0.717) is 5.75 Å². The predicted molar refractivity (Wildman–Crippen MR) is 201 cm³/mol. The fourth-order valence-corrected chi connectivity index (χ4v) is 7.34. The second-order valence-corrected chi connectivity index (χ2v) is 16.3. The quantitative estimate of drug-likeness (QED) is 0.0917. The van der Waals surface area contributed by atoms with Gasteiger partial charge in [0.05, 0.1) is 19.6 Å². The topological polar surface area (TPSA) is 136 Å². The Morgan fingerprint density at radius 1 is 0.811 bits per heavy atom. The number of ether oxygens (including phenoxy) is 6. The van der Waals surface area contributed by atoms with Crippen LogP contribution in [0.4, 0.5) is 9.59 Å². The lowest BCUT2D eigenvalue weighted by molar-refractivity contribution is -0.205. The Morgan fingerprint density at radius 3 is 2.08 bits per heavy atom. The van der Waals surface area contributed by atoms with Crippen molar-refractivity contribution in [3.63, 3.8) is 0 Å². The molecule has 1 aliphatic heterocycles. The molecule has 5 rings (SSSR count). The molecular formula is C38H40Cl3NO10S. The van der Waals surface area contributed by atoms with Crippen LogP contribution >= 0.6 is 46.6 Å². The number of halogens is 3. The van der Waals surface area contributed by atoms with Gasteiger partial charge in [0.2, 0.25) is 3.79 Å². The van der Waals surface area contributed by atoms with Crippen LogP contribution < -0.4 is 5.32 Å². The van der Waals surface area contributed by atoms with Gasteiger partial charge in [-0.3, -0.25) is 4.79 Å². The van der Waals surface area contributed by atoms with Crippen LogP contribution in [0.15, 0.2) is 78.9 Å². The smallest absolute Gasteiger partial charge is 0.455 e. The van der Waals surface area contributed by atoms with E-state index in [1.807, 2.05) is 85.8 Å². The van der Waals surface area contributed by atoms with Crippen molar-refractivity contribution in [1.29, 1.82) is 0 Å². The number of alkyl carbamates (subject to hydrolysis) is 1. The van der Waals surface area contributed by atoms with Crippen LogP contribution in [0.3, 0.4) is 0 Å². The number of thioether (sulfide) groups is 1. The first kappa shape index (κ1) is 40.7. The molecule has 1 amide bonds. The summed E-state index contributed by atoms with van der Waals surface area (Å²) in [6.45, 7) is 2.72. The van der Waals surface area contributed by atoms with E-state index in [4.69, 9.17) is 63.2 Å². The molecule has 0 saturated carbocycles. The van der Waals surface area contributed by atoms with Gasteiger partial charge >= 0.3 is 18.2 Å². The van der Waals surface area contributed by atoms with E-state index in [9.17, 15) is 19.2 Å². The van der Waals surface area contributed by atoms with Crippen LogP contribution in [-0.4, -0.2) is 83.2 Å². The number of nitrogens with one attached hydrogen (secondary N) is 1. The first-order valence-corrected chi connectivity index (χ1v) is 19.2. The van der Waals surface area contributed by atoms with E-state index in [2.05, 4.69) is 5.32 Å². The van der Waals surface area contributed by atoms with Crippen LogP contribution in [0.1, 0.15) is 49.3 Å². The third-order valence-electron chi connectivity index (χ3n) is 8.53. The molecule has 5 atom stereocenters. The summed E-state index contributed by atoms with van der Waals surface area (Å²) in [6, 6.07) is 24.0. The van der Waals surface area contributed by atoms with Crippen molar-refractivity contribution in [1.82, 2.24) is 5.32 Å². The third kappa shape index (κ3) is 11.5. The fraction of sp³-hybridized carbons (Fsp3) is 0.421. The lowest BCUT2D eigenvalue weighted by Gasteiger charge is -2.45. The lowest BCUT2D eigenvalue weighted by Crippen LogP contribution is -2.65. The van der Waals surface area contributed by atoms with Gasteiger partial charge in [0, 0.05) is 12.3 Å². The Hall–Kier alpha value is -3.52. The van der Waals surface area contributed by atoms with E-state index in [-0.39, 0.29) is 44.4 Å². The maximum Gasteiger partial charge on any atom is 0.508 e. The molecule has 15 heteroatoms. The monoisotopic (exact) mass is 807 g/mol. The molecule has 53 heavy (non-hydrogen) atoms. The number of hydrogen-bond acceptors (Lipinski definition) is 11. The van der Waals surface area contributed by atoms with E-state index >= 15 is 0 Å². The van der Waals surface area contributed by atoms with E-state index in [1.54, 1.807) is 0 Å². The molecule has 3 aromatic rings. The Balaban J connectivity index is 1.42. The number of carbonyl (C=O) groups is 4. The summed E-state index contributed by atoms with van der Waals surface area (Å²) in [5, 5.41) is 2.66. The van der Waals surface area contributed by atoms with Crippen LogP contribution in [-0.2, 0) is 44.6 Å². The molecule has 0 bridgehead atoms. The van der Waals surface area contributed by atoms with Crippen LogP contribution in [0, 0.1) is 0 Å². The summed E-state index contributed by atoms with van der Waals surface area (Å²) < 4.78 is 33.3. The summed E-state index contributed by atoms with van der Waals surface area (Å²) in [5.74, 6) is -0.711. The summed E-state index contributed by atoms with van der Waals surface area (Å²) >= 11 is 18.7. The average Bonchev–Trinajstić information content (AvgIpc) is 3.45. The first-order chi connectivity index (χ1) is 25.4. The van der Waals surface area contributed by atoms with Gasteiger partial charge < -0.3 is 38.5 Å². The van der Waals surface area contributed by atoms with Crippen LogP contribution in [0.5, 0.6) is 0 Å². The molecule has 0 unspecified atom stereocenters. The number of fused-ring (bicyclic) bond motifs is 3. The van der Waals surface area contributed by atoms with Gasteiger partial charge in [0.25, 0.3) is 0 Å². The number of esters is 1. The van der Waals surface area contributed by atoms with Crippen molar-refractivity contribution in [2.45, 2.75) is 72.8 Å². The number of ketones is 1. The summed E-state index contributed by atoms with van der Waals surface area (Å²) in [4.78, 5) is 51.6. The molecule has 284 valence electrons. The average molecular weight is 809 g/mol. The molecule has 0 aromatic heterocycles. The van der Waals surface area contributed by atoms with Crippen molar-refractivity contribution in [3.05, 3.63) is 95.6 Å². The maximum absolute atomic E-state index is 13.7. The number of benzene rings is 3. The zero-order valence-corrected chi connectivity index (χ0v) is 32.1. The summed E-state index contributed by atoms with van der Waals surface area (Å²) in [5.41, 5.74) is 4.11.